The van der Waals surface area contributed by atoms with Gasteiger partial charge in [-0.15, -0.1) is 0 Å². The lowest BCUT2D eigenvalue weighted by Gasteiger charge is -2.43. The maximum absolute atomic E-state index is 15.0. The molecule has 3 aromatic carbocycles. The number of rotatable bonds is 5. The fourth-order valence-corrected chi connectivity index (χ4v) is 8.73. The number of carbonyl (C=O) groups excluding carboxylic acids is 1. The summed E-state index contributed by atoms with van der Waals surface area (Å²) < 4.78 is 165. The Kier molecular flexibility index (Phi) is 7.73. The van der Waals surface area contributed by atoms with E-state index in [-0.39, 0.29) is 17.7 Å². The molecule has 0 bridgehead atoms. The average Bonchev–Trinajstić information content (AvgIpc) is 3.36. The number of carboxylic acid groups (broad SMARTS) is 1. The zero-order valence-corrected chi connectivity index (χ0v) is 23.6. The maximum Gasteiger partial charge on any atom is 0.435 e. The maximum atomic E-state index is 15.0. The van der Waals surface area contributed by atoms with E-state index >= 15 is 0 Å². The molecule has 0 saturated carbocycles. The number of benzene rings is 3. The van der Waals surface area contributed by atoms with E-state index in [2.05, 4.69) is 0 Å². The molecule has 2 atom stereocenters. The predicted molar refractivity (Wildman–Crippen MR) is 138 cm³/mol. The van der Waals surface area contributed by atoms with Gasteiger partial charge in [0.15, 0.2) is 9.84 Å². The number of hydrogen-bond donors (Lipinski definition) is 1. The van der Waals surface area contributed by atoms with Gasteiger partial charge in [-0.05, 0) is 66.8 Å². The number of likely N-dealkylation sites (tertiary alicyclic amines) is 1. The minimum absolute atomic E-state index is 0.157. The number of sulfone groups is 1. The first-order chi connectivity index (χ1) is 21.2. The van der Waals surface area contributed by atoms with Gasteiger partial charge in [-0.1, -0.05) is 18.2 Å². The van der Waals surface area contributed by atoms with E-state index in [1.807, 2.05) is 0 Å². The summed E-state index contributed by atoms with van der Waals surface area (Å²) in [5, 5.41) is 9.03. The molecule has 1 fully saturated rings. The Labute approximate surface area is 253 Å². The highest BCUT2D eigenvalue weighted by atomic mass is 32.2. The van der Waals surface area contributed by atoms with Crippen LogP contribution in [0.25, 0.3) is 0 Å². The summed E-state index contributed by atoms with van der Waals surface area (Å²) >= 11 is 0. The van der Waals surface area contributed by atoms with Crippen molar-refractivity contribution in [2.45, 2.75) is 53.0 Å². The Morgan fingerprint density at radius 1 is 0.848 bits per heavy atom. The minimum Gasteiger partial charge on any atom is -0.477 e. The van der Waals surface area contributed by atoms with Gasteiger partial charge in [0.1, 0.15) is 27.8 Å². The number of nitrogens with zero attached hydrogens (tertiary/aromatic N) is 1. The monoisotopic (exact) mass is 683 g/mol. The lowest BCUT2D eigenvalue weighted by Crippen LogP contribution is -2.53. The molecule has 1 aliphatic heterocycles. The SMILES string of the molecule is O=C(O)c1c(F)cc(C(=O)N2CC[C@]3(S(=O)(=O)c4ccc(F)cc4)c4ccc(C(F)(C(F)(F)F)C(F)(F)F)cc4CC[C@H]23)cc1F. The van der Waals surface area contributed by atoms with Gasteiger partial charge in [-0.25, -0.2) is 30.8 Å². The second-order valence-corrected chi connectivity index (χ2v) is 13.0. The molecular formula is C29H19F10NO5S. The van der Waals surface area contributed by atoms with Crippen LogP contribution in [-0.4, -0.2) is 55.2 Å². The first-order valence-corrected chi connectivity index (χ1v) is 14.7. The van der Waals surface area contributed by atoms with Gasteiger partial charge < -0.3 is 10.0 Å². The van der Waals surface area contributed by atoms with E-state index in [0.29, 0.717) is 18.2 Å². The molecule has 1 aliphatic carbocycles. The lowest BCUT2D eigenvalue weighted by atomic mass is 9.76. The van der Waals surface area contributed by atoms with E-state index in [9.17, 15) is 61.9 Å². The van der Waals surface area contributed by atoms with Crippen molar-refractivity contribution in [3.05, 3.63) is 99.9 Å². The molecule has 0 radical (unpaired) electrons. The molecule has 1 N–H and O–H groups in total. The first kappa shape index (κ1) is 33.2. The Balaban J connectivity index is 1.70. The van der Waals surface area contributed by atoms with Crippen molar-refractivity contribution in [2.24, 2.45) is 0 Å². The van der Waals surface area contributed by atoms with Gasteiger partial charge >= 0.3 is 24.0 Å². The number of carboxylic acids is 1. The van der Waals surface area contributed by atoms with Crippen LogP contribution < -0.4 is 0 Å². The molecule has 5 rings (SSSR count). The van der Waals surface area contributed by atoms with E-state index in [4.69, 9.17) is 5.11 Å². The molecule has 0 unspecified atom stereocenters. The zero-order valence-electron chi connectivity index (χ0n) is 22.8. The van der Waals surface area contributed by atoms with E-state index in [1.54, 1.807) is 0 Å². The Hall–Kier alpha value is -4.15. The highest BCUT2D eigenvalue weighted by molar-refractivity contribution is 7.92. The molecule has 6 nitrogen and oxygen atoms in total. The summed E-state index contributed by atoms with van der Waals surface area (Å²) in [7, 11) is -4.80. The van der Waals surface area contributed by atoms with Crippen LogP contribution in [0.1, 0.15) is 50.2 Å². The van der Waals surface area contributed by atoms with Crippen LogP contribution in [0.4, 0.5) is 43.9 Å². The van der Waals surface area contributed by atoms with Crippen LogP contribution >= 0.6 is 0 Å². The number of amides is 1. The summed E-state index contributed by atoms with van der Waals surface area (Å²) in [6.45, 7) is -0.465. The molecule has 0 aromatic heterocycles. The van der Waals surface area contributed by atoms with E-state index < -0.39 is 121 Å². The molecule has 3 aromatic rings. The zero-order chi connectivity index (χ0) is 34.2. The summed E-state index contributed by atoms with van der Waals surface area (Å²) in [6.07, 6.45) is -14.3. The minimum atomic E-state index is -6.45. The van der Waals surface area contributed by atoms with Gasteiger partial charge in [-0.2, -0.15) is 26.3 Å². The van der Waals surface area contributed by atoms with Gasteiger partial charge in [0.25, 0.3) is 5.91 Å². The molecule has 1 heterocycles. The lowest BCUT2D eigenvalue weighted by molar-refractivity contribution is -0.348. The third-order valence-corrected chi connectivity index (χ3v) is 11.0. The summed E-state index contributed by atoms with van der Waals surface area (Å²) in [5.74, 6) is -7.22. The van der Waals surface area contributed by atoms with Gasteiger partial charge in [0, 0.05) is 17.7 Å². The van der Waals surface area contributed by atoms with Crippen molar-refractivity contribution >= 4 is 21.7 Å². The van der Waals surface area contributed by atoms with Gasteiger partial charge in [-0.3, -0.25) is 4.79 Å². The van der Waals surface area contributed by atoms with Crippen molar-refractivity contribution in [2.75, 3.05) is 6.54 Å². The van der Waals surface area contributed by atoms with Crippen LogP contribution in [0.15, 0.2) is 59.5 Å². The average molecular weight is 684 g/mol. The van der Waals surface area contributed by atoms with Crippen molar-refractivity contribution in [1.29, 1.82) is 0 Å². The second kappa shape index (κ2) is 10.7. The number of halogens is 10. The fraction of sp³-hybridized carbons (Fsp3) is 0.310. The number of fused-ring (bicyclic) bond motifs is 3. The van der Waals surface area contributed by atoms with Crippen molar-refractivity contribution in [3.8, 4) is 0 Å². The smallest absolute Gasteiger partial charge is 0.435 e. The topological polar surface area (TPSA) is 91.8 Å². The van der Waals surface area contributed by atoms with E-state index in [0.717, 1.165) is 29.2 Å². The molecule has 17 heteroatoms. The van der Waals surface area contributed by atoms with Crippen molar-refractivity contribution in [3.63, 3.8) is 0 Å². The van der Waals surface area contributed by atoms with Crippen molar-refractivity contribution < 1.29 is 67.0 Å². The number of hydrogen-bond acceptors (Lipinski definition) is 4. The van der Waals surface area contributed by atoms with E-state index in [1.165, 1.54) is 0 Å². The molecule has 246 valence electrons. The van der Waals surface area contributed by atoms with Crippen LogP contribution in [-0.2, 0) is 26.7 Å². The fourth-order valence-electron chi connectivity index (χ4n) is 6.36. The van der Waals surface area contributed by atoms with Gasteiger partial charge in [0.05, 0.1) is 10.9 Å². The van der Waals surface area contributed by atoms with Crippen LogP contribution in [0.5, 0.6) is 0 Å². The molecule has 46 heavy (non-hydrogen) atoms. The van der Waals surface area contributed by atoms with Crippen molar-refractivity contribution in [1.82, 2.24) is 4.90 Å². The molecule has 1 amide bonds. The van der Waals surface area contributed by atoms with Gasteiger partial charge in [0.2, 0.25) is 0 Å². The number of aromatic carboxylic acids is 1. The highest BCUT2D eigenvalue weighted by Gasteiger charge is 2.74. The Morgan fingerprint density at radius 2 is 1.41 bits per heavy atom. The Bertz CT molecular complexity index is 1820. The van der Waals surface area contributed by atoms with Crippen LogP contribution in [0.2, 0.25) is 0 Å². The number of aryl methyl sites for hydroxylation is 1. The largest absolute Gasteiger partial charge is 0.477 e. The summed E-state index contributed by atoms with van der Waals surface area (Å²) in [4.78, 5) is 25.1. The Morgan fingerprint density at radius 3 is 1.93 bits per heavy atom. The standard InChI is InChI=1S/C29H19F10NO5S/c30-17-3-5-18(6-4-17)46(44,45)26-9-10-40(24(41)15-12-20(31)23(25(42)43)21(32)13-15)22(26)8-1-14-11-16(2-7-19(14)26)27(33,28(34,35)36)29(37,38)39/h2-7,11-13,22H,1,8-10H2,(H,42,43)/t22-,26-/m0/s1. The first-order valence-electron chi connectivity index (χ1n) is 13.2. The normalized spacial score (nSPS) is 20.3. The molecule has 0 spiro atoms. The molecular weight excluding hydrogens is 664 g/mol. The highest BCUT2D eigenvalue weighted by Crippen LogP contribution is 2.56. The second-order valence-electron chi connectivity index (χ2n) is 10.8. The third kappa shape index (κ3) is 4.72. The summed E-state index contributed by atoms with van der Waals surface area (Å²) in [6, 6.07) is 3.71. The molecule has 1 saturated heterocycles. The quantitative estimate of drug-likeness (QED) is 0.241. The number of carbonyl (C=O) groups is 2. The number of alkyl halides is 7. The summed E-state index contributed by atoms with van der Waals surface area (Å²) in [5.41, 5.74) is -10.5. The predicted octanol–water partition coefficient (Wildman–Crippen LogP) is 6.62. The molecule has 2 aliphatic rings. The van der Waals surface area contributed by atoms with Crippen LogP contribution in [0, 0.1) is 17.5 Å². The third-order valence-electron chi connectivity index (χ3n) is 8.43. The van der Waals surface area contributed by atoms with Crippen LogP contribution in [0.3, 0.4) is 0 Å².